The monoisotopic (exact) mass is 460 g/mol. The summed E-state index contributed by atoms with van der Waals surface area (Å²) in [6, 6.07) is 0. The standard InChI is InChI=1S/C17H28BrF3N2O2S/c18-14(15(22)23-26(24,25)17(19,20)21)16(11-7-3-4-8-12-16)13-9-5-1-2-6-10-13/h13-14H,1-12H2,(H2,22,23). The van der Waals surface area contributed by atoms with Gasteiger partial charge in [0.25, 0.3) is 0 Å². The molecule has 0 heterocycles. The van der Waals surface area contributed by atoms with Gasteiger partial charge in [-0.1, -0.05) is 67.3 Å². The zero-order valence-electron chi connectivity index (χ0n) is 14.9. The Morgan fingerprint density at radius 1 is 1.00 bits per heavy atom. The fourth-order valence-electron chi connectivity index (χ4n) is 4.64. The Labute approximate surface area is 162 Å². The van der Waals surface area contributed by atoms with Crippen molar-refractivity contribution in [3.8, 4) is 0 Å². The molecule has 0 amide bonds. The van der Waals surface area contributed by atoms with Crippen molar-refractivity contribution in [2.75, 3.05) is 0 Å². The number of nitrogens with two attached hydrogens (primary N) is 1. The Hall–Kier alpha value is -0.310. The Kier molecular flexibility index (Phi) is 7.44. The maximum absolute atomic E-state index is 12.7. The average molecular weight is 461 g/mol. The van der Waals surface area contributed by atoms with E-state index in [0.717, 1.165) is 64.2 Å². The molecule has 0 radical (unpaired) electrons. The van der Waals surface area contributed by atoms with Gasteiger partial charge >= 0.3 is 15.5 Å². The minimum Gasteiger partial charge on any atom is -0.385 e. The molecule has 26 heavy (non-hydrogen) atoms. The van der Waals surface area contributed by atoms with Crippen LogP contribution in [0.2, 0.25) is 0 Å². The number of hydrogen-bond donors (Lipinski definition) is 1. The second-order valence-corrected chi connectivity index (χ2v) is 10.1. The first-order valence-corrected chi connectivity index (χ1v) is 11.8. The average Bonchev–Trinajstić information content (AvgIpc) is 2.96. The van der Waals surface area contributed by atoms with Crippen LogP contribution in [0.5, 0.6) is 0 Å². The molecule has 2 saturated carbocycles. The third-order valence-electron chi connectivity index (χ3n) is 5.99. The number of halogens is 4. The van der Waals surface area contributed by atoms with Gasteiger partial charge in [0.05, 0.1) is 4.83 Å². The molecule has 0 bridgehead atoms. The fraction of sp³-hybridized carbons (Fsp3) is 0.941. The Bertz CT molecular complexity index is 592. The molecule has 0 aliphatic heterocycles. The van der Waals surface area contributed by atoms with E-state index in [0.29, 0.717) is 5.92 Å². The largest absolute Gasteiger partial charge is 0.518 e. The molecule has 2 rings (SSSR count). The van der Waals surface area contributed by atoms with Crippen molar-refractivity contribution in [2.24, 2.45) is 21.5 Å². The van der Waals surface area contributed by atoms with E-state index >= 15 is 0 Å². The van der Waals surface area contributed by atoms with Crippen LogP contribution >= 0.6 is 15.9 Å². The summed E-state index contributed by atoms with van der Waals surface area (Å²) < 4.78 is 63.9. The molecule has 1 unspecified atom stereocenters. The van der Waals surface area contributed by atoms with Crippen LogP contribution in [0.25, 0.3) is 0 Å². The van der Waals surface area contributed by atoms with E-state index in [4.69, 9.17) is 5.73 Å². The summed E-state index contributed by atoms with van der Waals surface area (Å²) in [4.78, 5) is -0.659. The topological polar surface area (TPSA) is 72.5 Å². The van der Waals surface area contributed by atoms with Gasteiger partial charge in [-0.15, -0.1) is 4.40 Å². The third kappa shape index (κ3) is 4.94. The van der Waals surface area contributed by atoms with Gasteiger partial charge in [0.2, 0.25) is 0 Å². The van der Waals surface area contributed by atoms with Crippen LogP contribution in [0.15, 0.2) is 4.40 Å². The van der Waals surface area contributed by atoms with E-state index in [9.17, 15) is 21.6 Å². The molecule has 4 nitrogen and oxygen atoms in total. The summed E-state index contributed by atoms with van der Waals surface area (Å²) in [5.41, 5.74) is 0.0856. The van der Waals surface area contributed by atoms with Crippen LogP contribution in [-0.2, 0) is 10.0 Å². The third-order valence-corrected chi connectivity index (χ3v) is 8.40. The van der Waals surface area contributed by atoms with Crippen LogP contribution in [0.4, 0.5) is 13.2 Å². The number of rotatable bonds is 4. The van der Waals surface area contributed by atoms with Crippen molar-refractivity contribution in [3.05, 3.63) is 0 Å². The highest BCUT2D eigenvalue weighted by Crippen LogP contribution is 2.51. The van der Waals surface area contributed by atoms with Crippen LogP contribution in [0.1, 0.15) is 77.0 Å². The molecular weight excluding hydrogens is 433 g/mol. The predicted octanol–water partition coefficient (Wildman–Crippen LogP) is 5.27. The Morgan fingerprint density at radius 3 is 1.92 bits per heavy atom. The molecule has 2 fully saturated rings. The lowest BCUT2D eigenvalue weighted by Gasteiger charge is -2.44. The van der Waals surface area contributed by atoms with E-state index in [1.807, 2.05) is 0 Å². The van der Waals surface area contributed by atoms with E-state index in [1.54, 1.807) is 0 Å². The van der Waals surface area contributed by atoms with Gasteiger partial charge in [-0.05, 0) is 37.0 Å². The van der Waals surface area contributed by atoms with Gasteiger partial charge in [0.15, 0.2) is 0 Å². The van der Waals surface area contributed by atoms with Crippen molar-refractivity contribution in [3.63, 3.8) is 0 Å². The van der Waals surface area contributed by atoms with E-state index < -0.39 is 26.2 Å². The lowest BCUT2D eigenvalue weighted by Crippen LogP contribution is -2.46. The summed E-state index contributed by atoms with van der Waals surface area (Å²) in [6.07, 6.45) is 12.4. The zero-order chi connectivity index (χ0) is 19.4. The Morgan fingerprint density at radius 2 is 1.46 bits per heavy atom. The number of alkyl halides is 4. The fourth-order valence-corrected chi connectivity index (χ4v) is 6.20. The molecular formula is C17H28BrF3N2O2S. The molecule has 0 aromatic heterocycles. The first-order valence-electron chi connectivity index (χ1n) is 9.41. The zero-order valence-corrected chi connectivity index (χ0v) is 17.3. The second-order valence-electron chi connectivity index (χ2n) is 7.64. The number of sulfonamides is 1. The van der Waals surface area contributed by atoms with E-state index in [2.05, 4.69) is 20.3 Å². The summed E-state index contributed by atoms with van der Waals surface area (Å²) in [5, 5.41) is 0. The van der Waals surface area contributed by atoms with Gasteiger partial charge in [0.1, 0.15) is 5.84 Å². The number of nitrogens with zero attached hydrogens (tertiary/aromatic N) is 1. The van der Waals surface area contributed by atoms with Crippen LogP contribution in [-0.4, -0.2) is 24.6 Å². The van der Waals surface area contributed by atoms with Crippen molar-refractivity contribution >= 4 is 31.8 Å². The molecule has 9 heteroatoms. The van der Waals surface area contributed by atoms with Gasteiger partial charge in [-0.25, -0.2) is 0 Å². The number of amidine groups is 1. The summed E-state index contributed by atoms with van der Waals surface area (Å²) in [7, 11) is -5.62. The molecule has 2 N–H and O–H groups in total. The maximum atomic E-state index is 12.7. The lowest BCUT2D eigenvalue weighted by atomic mass is 9.65. The predicted molar refractivity (Wildman–Crippen MR) is 101 cm³/mol. The molecule has 2 aliphatic carbocycles. The SMILES string of the molecule is NC(=NS(=O)(=O)C(F)(F)F)C(Br)C1(C2CCCCCC2)CCCCCC1. The highest BCUT2D eigenvalue weighted by Gasteiger charge is 2.49. The first-order chi connectivity index (χ1) is 12.1. The molecule has 0 spiro atoms. The summed E-state index contributed by atoms with van der Waals surface area (Å²) in [6.45, 7) is 0. The quantitative estimate of drug-likeness (QED) is 0.268. The lowest BCUT2D eigenvalue weighted by molar-refractivity contribution is -0.0435. The van der Waals surface area contributed by atoms with Crippen LogP contribution in [0.3, 0.4) is 0 Å². The highest BCUT2D eigenvalue weighted by atomic mass is 79.9. The van der Waals surface area contributed by atoms with Crippen molar-refractivity contribution in [1.82, 2.24) is 0 Å². The smallest absolute Gasteiger partial charge is 0.385 e. The summed E-state index contributed by atoms with van der Waals surface area (Å²) >= 11 is 3.49. The maximum Gasteiger partial charge on any atom is 0.518 e. The van der Waals surface area contributed by atoms with E-state index in [-0.39, 0.29) is 5.41 Å². The van der Waals surface area contributed by atoms with Gasteiger partial charge in [0, 0.05) is 0 Å². The van der Waals surface area contributed by atoms with Crippen molar-refractivity contribution < 1.29 is 21.6 Å². The molecule has 2 aliphatic rings. The second kappa shape index (κ2) is 8.80. The van der Waals surface area contributed by atoms with Gasteiger partial charge in [-0.3, -0.25) is 0 Å². The molecule has 152 valence electrons. The minimum absolute atomic E-state index is 0.324. The minimum atomic E-state index is -5.62. The van der Waals surface area contributed by atoms with Crippen LogP contribution < -0.4 is 5.73 Å². The van der Waals surface area contributed by atoms with Crippen molar-refractivity contribution in [2.45, 2.75) is 87.4 Å². The van der Waals surface area contributed by atoms with Crippen molar-refractivity contribution in [1.29, 1.82) is 0 Å². The Balaban J connectivity index is 2.37. The van der Waals surface area contributed by atoms with Crippen LogP contribution in [0, 0.1) is 11.3 Å². The van der Waals surface area contributed by atoms with E-state index in [1.165, 1.54) is 12.8 Å². The first kappa shape index (κ1) is 22.0. The molecule has 0 aromatic carbocycles. The highest BCUT2D eigenvalue weighted by molar-refractivity contribution is 9.10. The molecule has 0 aromatic rings. The normalized spacial score (nSPS) is 25.3. The molecule has 0 saturated heterocycles. The van der Waals surface area contributed by atoms with Gasteiger partial charge in [-0.2, -0.15) is 21.6 Å². The summed E-state index contributed by atoms with van der Waals surface area (Å²) in [5.74, 6) is -0.136. The van der Waals surface area contributed by atoms with Gasteiger partial charge < -0.3 is 5.73 Å². The number of hydrogen-bond acceptors (Lipinski definition) is 2. The molecule has 1 atom stereocenters.